The highest BCUT2D eigenvalue weighted by Gasteiger charge is 2.37. The van der Waals surface area contributed by atoms with Gasteiger partial charge in [-0.1, -0.05) is 6.07 Å². The second-order valence-electron chi connectivity index (χ2n) is 4.23. The van der Waals surface area contributed by atoms with E-state index in [4.69, 9.17) is 5.73 Å². The van der Waals surface area contributed by atoms with E-state index in [1.807, 2.05) is 12.4 Å². The molecule has 0 spiro atoms. The van der Waals surface area contributed by atoms with Crippen LogP contribution in [0.25, 0.3) is 0 Å². The summed E-state index contributed by atoms with van der Waals surface area (Å²) < 4.78 is 0. The van der Waals surface area contributed by atoms with E-state index in [1.54, 1.807) is 0 Å². The van der Waals surface area contributed by atoms with Crippen LogP contribution >= 0.6 is 0 Å². The Morgan fingerprint density at radius 2 is 2.23 bits per heavy atom. The first-order chi connectivity index (χ1) is 6.18. The van der Waals surface area contributed by atoms with Gasteiger partial charge >= 0.3 is 0 Å². The van der Waals surface area contributed by atoms with Gasteiger partial charge in [0.15, 0.2) is 0 Å². The lowest BCUT2D eigenvalue weighted by atomic mass is 10.1. The number of rotatable bonds is 3. The number of nitrogens with zero attached hydrogens (tertiary/aromatic N) is 1. The molecule has 1 aromatic heterocycles. The van der Waals surface area contributed by atoms with Crippen LogP contribution in [0.3, 0.4) is 0 Å². The Kier molecular flexibility index (Phi) is 2.08. The Labute approximate surface area is 79.2 Å². The molecule has 0 radical (unpaired) electrons. The first-order valence-corrected chi connectivity index (χ1v) is 4.87. The average Bonchev–Trinajstić information content (AvgIpc) is 2.82. The zero-order valence-electron chi connectivity index (χ0n) is 8.09. The van der Waals surface area contributed by atoms with E-state index < -0.39 is 0 Å². The summed E-state index contributed by atoms with van der Waals surface area (Å²) in [6, 6.07) is 2.19. The van der Waals surface area contributed by atoms with Crippen molar-refractivity contribution in [2.45, 2.75) is 38.1 Å². The van der Waals surface area contributed by atoms with E-state index in [-0.39, 0.29) is 5.54 Å². The molecule has 1 fully saturated rings. The minimum atomic E-state index is 0.170. The molecule has 70 valence electrons. The van der Waals surface area contributed by atoms with Gasteiger partial charge in [0.2, 0.25) is 0 Å². The van der Waals surface area contributed by atoms with Crippen LogP contribution in [0.1, 0.15) is 30.4 Å². The van der Waals surface area contributed by atoms with Crippen LogP contribution in [0.15, 0.2) is 18.5 Å². The quantitative estimate of drug-likeness (QED) is 0.763. The van der Waals surface area contributed by atoms with Crippen LogP contribution < -0.4 is 5.73 Å². The topological polar surface area (TPSA) is 38.9 Å². The lowest BCUT2D eigenvalue weighted by Crippen LogP contribution is -2.22. The summed E-state index contributed by atoms with van der Waals surface area (Å²) in [6.45, 7) is 2.08. The average molecular weight is 176 g/mol. The van der Waals surface area contributed by atoms with Crippen molar-refractivity contribution in [3.8, 4) is 0 Å². The highest BCUT2D eigenvalue weighted by atomic mass is 14.8. The minimum absolute atomic E-state index is 0.170. The summed E-state index contributed by atoms with van der Waals surface area (Å²) in [5, 5.41) is 0. The van der Waals surface area contributed by atoms with Crippen LogP contribution in [0.2, 0.25) is 0 Å². The lowest BCUT2D eigenvalue weighted by molar-refractivity contribution is 0.608. The summed E-state index contributed by atoms with van der Waals surface area (Å²) in [5.74, 6) is 0. The standard InChI is InChI=1S/C11H16N2/c1-9-6-10(8-13-7-9)2-3-11(12)4-5-11/h6-8H,2-5,12H2,1H3. The third-order valence-electron chi connectivity index (χ3n) is 2.74. The van der Waals surface area contributed by atoms with E-state index in [2.05, 4.69) is 18.0 Å². The lowest BCUT2D eigenvalue weighted by Gasteiger charge is -2.07. The van der Waals surface area contributed by atoms with Gasteiger partial charge in [0, 0.05) is 17.9 Å². The summed E-state index contributed by atoms with van der Waals surface area (Å²) in [4.78, 5) is 4.16. The predicted octanol–water partition coefficient (Wildman–Crippen LogP) is 1.81. The maximum atomic E-state index is 6.01. The molecule has 1 aliphatic carbocycles. The highest BCUT2D eigenvalue weighted by Crippen LogP contribution is 2.36. The van der Waals surface area contributed by atoms with Gasteiger partial charge < -0.3 is 5.73 Å². The van der Waals surface area contributed by atoms with E-state index in [9.17, 15) is 0 Å². The molecular weight excluding hydrogens is 160 g/mol. The van der Waals surface area contributed by atoms with Crippen LogP contribution in [0.4, 0.5) is 0 Å². The molecule has 0 unspecified atom stereocenters. The van der Waals surface area contributed by atoms with Gasteiger partial charge in [-0.05, 0) is 43.7 Å². The van der Waals surface area contributed by atoms with Crippen molar-refractivity contribution in [1.29, 1.82) is 0 Å². The fourth-order valence-corrected chi connectivity index (χ4v) is 1.56. The van der Waals surface area contributed by atoms with Crippen molar-refractivity contribution in [3.05, 3.63) is 29.6 Å². The normalized spacial score (nSPS) is 18.6. The summed E-state index contributed by atoms with van der Waals surface area (Å²) in [5.41, 5.74) is 8.73. The van der Waals surface area contributed by atoms with Gasteiger partial charge in [0.25, 0.3) is 0 Å². The largest absolute Gasteiger partial charge is 0.325 e. The smallest absolute Gasteiger partial charge is 0.0300 e. The van der Waals surface area contributed by atoms with Gasteiger partial charge in [0.05, 0.1) is 0 Å². The highest BCUT2D eigenvalue weighted by molar-refractivity contribution is 5.17. The van der Waals surface area contributed by atoms with Gasteiger partial charge in [0.1, 0.15) is 0 Å². The number of aromatic nitrogens is 1. The van der Waals surface area contributed by atoms with Crippen LogP contribution in [-0.4, -0.2) is 10.5 Å². The zero-order chi connectivity index (χ0) is 9.31. The van der Waals surface area contributed by atoms with Crippen molar-refractivity contribution in [3.63, 3.8) is 0 Å². The van der Waals surface area contributed by atoms with Crippen molar-refractivity contribution in [1.82, 2.24) is 4.98 Å². The van der Waals surface area contributed by atoms with E-state index in [0.29, 0.717) is 0 Å². The zero-order valence-corrected chi connectivity index (χ0v) is 8.09. The van der Waals surface area contributed by atoms with E-state index in [1.165, 1.54) is 24.0 Å². The molecule has 0 bridgehead atoms. The Morgan fingerprint density at radius 1 is 1.46 bits per heavy atom. The minimum Gasteiger partial charge on any atom is -0.325 e. The molecule has 1 aromatic rings. The summed E-state index contributed by atoms with van der Waals surface area (Å²) >= 11 is 0. The fourth-order valence-electron chi connectivity index (χ4n) is 1.56. The molecule has 2 rings (SSSR count). The number of aryl methyl sites for hydroxylation is 2. The van der Waals surface area contributed by atoms with E-state index in [0.717, 1.165) is 12.8 Å². The third-order valence-corrected chi connectivity index (χ3v) is 2.74. The predicted molar refractivity (Wildman–Crippen MR) is 53.4 cm³/mol. The first-order valence-electron chi connectivity index (χ1n) is 4.87. The van der Waals surface area contributed by atoms with Gasteiger partial charge in [-0.2, -0.15) is 0 Å². The van der Waals surface area contributed by atoms with Crippen LogP contribution in [0.5, 0.6) is 0 Å². The molecule has 0 aliphatic heterocycles. The van der Waals surface area contributed by atoms with E-state index >= 15 is 0 Å². The van der Waals surface area contributed by atoms with Crippen molar-refractivity contribution < 1.29 is 0 Å². The Hall–Kier alpha value is -0.890. The monoisotopic (exact) mass is 176 g/mol. The Balaban J connectivity index is 1.94. The number of pyridine rings is 1. The molecule has 1 heterocycles. The number of nitrogens with two attached hydrogens (primary N) is 1. The molecule has 1 aliphatic rings. The molecule has 13 heavy (non-hydrogen) atoms. The van der Waals surface area contributed by atoms with Crippen molar-refractivity contribution in [2.75, 3.05) is 0 Å². The molecule has 0 amide bonds. The SMILES string of the molecule is Cc1cncc(CCC2(N)CC2)c1. The molecule has 2 N–H and O–H groups in total. The molecular formula is C11H16N2. The molecule has 1 saturated carbocycles. The molecule has 0 aromatic carbocycles. The Bertz CT molecular complexity index is 303. The third kappa shape index (κ3) is 2.28. The number of hydrogen-bond acceptors (Lipinski definition) is 2. The van der Waals surface area contributed by atoms with Crippen LogP contribution in [-0.2, 0) is 6.42 Å². The fraction of sp³-hybridized carbons (Fsp3) is 0.545. The first kappa shape index (κ1) is 8.70. The van der Waals surface area contributed by atoms with Gasteiger partial charge in [-0.3, -0.25) is 4.98 Å². The number of hydrogen-bond donors (Lipinski definition) is 1. The second-order valence-corrected chi connectivity index (χ2v) is 4.23. The molecule has 0 atom stereocenters. The van der Waals surface area contributed by atoms with Crippen molar-refractivity contribution >= 4 is 0 Å². The molecule has 0 saturated heterocycles. The summed E-state index contributed by atoms with van der Waals surface area (Å²) in [6.07, 6.45) is 8.42. The Morgan fingerprint density at radius 3 is 2.85 bits per heavy atom. The maximum absolute atomic E-state index is 6.01. The molecule has 2 nitrogen and oxygen atoms in total. The second kappa shape index (κ2) is 3.11. The summed E-state index contributed by atoms with van der Waals surface area (Å²) in [7, 11) is 0. The van der Waals surface area contributed by atoms with Crippen LogP contribution in [0, 0.1) is 6.92 Å². The van der Waals surface area contributed by atoms with Crippen molar-refractivity contribution in [2.24, 2.45) is 5.73 Å². The molecule has 2 heteroatoms. The van der Waals surface area contributed by atoms with Gasteiger partial charge in [-0.25, -0.2) is 0 Å². The van der Waals surface area contributed by atoms with Gasteiger partial charge in [-0.15, -0.1) is 0 Å². The maximum Gasteiger partial charge on any atom is 0.0300 e.